The molecule has 8 heteroatoms. The average molecular weight is 371 g/mol. The van der Waals surface area contributed by atoms with Gasteiger partial charge in [-0.3, -0.25) is 5.10 Å². The van der Waals surface area contributed by atoms with Crippen molar-refractivity contribution in [2.45, 2.75) is 44.8 Å². The number of aromatic amines is 1. The largest absolute Gasteiger partial charge is 0.491 e. The van der Waals surface area contributed by atoms with E-state index in [9.17, 15) is 4.79 Å². The molecule has 27 heavy (non-hydrogen) atoms. The molecule has 2 aromatic rings. The SMILES string of the molecule is COCc1nc(C2CCCCN2C(=O)Nc2cccc3c2OCCC3)n[nH]1. The maximum absolute atomic E-state index is 13.0. The number of ether oxygens (including phenoxy) is 2. The van der Waals surface area contributed by atoms with Crippen molar-refractivity contribution in [1.82, 2.24) is 20.1 Å². The van der Waals surface area contributed by atoms with Gasteiger partial charge in [0.2, 0.25) is 0 Å². The lowest BCUT2D eigenvalue weighted by molar-refractivity contribution is 0.159. The summed E-state index contributed by atoms with van der Waals surface area (Å²) in [4.78, 5) is 19.4. The van der Waals surface area contributed by atoms with Crippen LogP contribution in [0.15, 0.2) is 18.2 Å². The molecule has 1 aromatic carbocycles. The summed E-state index contributed by atoms with van der Waals surface area (Å²) in [5.41, 5.74) is 1.88. The van der Waals surface area contributed by atoms with Crippen molar-refractivity contribution in [2.75, 3.05) is 25.6 Å². The quantitative estimate of drug-likeness (QED) is 0.862. The van der Waals surface area contributed by atoms with Crippen LogP contribution in [-0.4, -0.2) is 46.4 Å². The number of hydrogen-bond acceptors (Lipinski definition) is 5. The summed E-state index contributed by atoms with van der Waals surface area (Å²) in [7, 11) is 1.62. The van der Waals surface area contributed by atoms with Gasteiger partial charge >= 0.3 is 6.03 Å². The predicted molar refractivity (Wildman–Crippen MR) is 99.7 cm³/mol. The highest BCUT2D eigenvalue weighted by Crippen LogP contribution is 2.34. The third-order valence-electron chi connectivity index (χ3n) is 5.07. The van der Waals surface area contributed by atoms with Crippen molar-refractivity contribution >= 4 is 11.7 Å². The maximum Gasteiger partial charge on any atom is 0.322 e. The molecule has 2 N–H and O–H groups in total. The second-order valence-corrected chi connectivity index (χ2v) is 6.95. The summed E-state index contributed by atoms with van der Waals surface area (Å²) >= 11 is 0. The van der Waals surface area contributed by atoms with E-state index in [1.165, 1.54) is 0 Å². The number of fused-ring (bicyclic) bond motifs is 1. The van der Waals surface area contributed by atoms with Crippen molar-refractivity contribution in [3.8, 4) is 5.75 Å². The fourth-order valence-electron chi connectivity index (χ4n) is 3.78. The van der Waals surface area contributed by atoms with E-state index in [0.29, 0.717) is 31.4 Å². The molecule has 0 aliphatic carbocycles. The van der Waals surface area contributed by atoms with Crippen molar-refractivity contribution in [3.63, 3.8) is 0 Å². The number of nitrogens with one attached hydrogen (secondary N) is 2. The summed E-state index contributed by atoms with van der Waals surface area (Å²) in [5.74, 6) is 2.11. The van der Waals surface area contributed by atoms with Crippen molar-refractivity contribution in [2.24, 2.45) is 0 Å². The maximum atomic E-state index is 13.0. The number of piperidine rings is 1. The van der Waals surface area contributed by atoms with Crippen LogP contribution in [0.25, 0.3) is 0 Å². The van der Waals surface area contributed by atoms with Gasteiger partial charge in [-0.15, -0.1) is 0 Å². The van der Waals surface area contributed by atoms with Crippen LogP contribution in [0.5, 0.6) is 5.75 Å². The van der Waals surface area contributed by atoms with E-state index < -0.39 is 0 Å². The number of anilines is 1. The Bertz CT molecular complexity index is 806. The number of hydrogen-bond donors (Lipinski definition) is 2. The smallest absolute Gasteiger partial charge is 0.322 e. The number of methoxy groups -OCH3 is 1. The molecule has 4 rings (SSSR count). The number of aryl methyl sites for hydroxylation is 1. The highest BCUT2D eigenvalue weighted by molar-refractivity contribution is 5.91. The molecular formula is C19H25N5O3. The van der Waals surface area contributed by atoms with E-state index in [1.807, 2.05) is 17.0 Å². The van der Waals surface area contributed by atoms with Crippen LogP contribution in [0.3, 0.4) is 0 Å². The van der Waals surface area contributed by atoms with Gasteiger partial charge in [0.25, 0.3) is 0 Å². The van der Waals surface area contributed by atoms with Crippen molar-refractivity contribution in [3.05, 3.63) is 35.4 Å². The lowest BCUT2D eigenvalue weighted by Crippen LogP contribution is -2.41. The van der Waals surface area contributed by atoms with Gasteiger partial charge in [0, 0.05) is 13.7 Å². The highest BCUT2D eigenvalue weighted by atomic mass is 16.5. The van der Waals surface area contributed by atoms with Gasteiger partial charge in [0.15, 0.2) is 11.6 Å². The van der Waals surface area contributed by atoms with Crippen molar-refractivity contribution < 1.29 is 14.3 Å². The molecule has 144 valence electrons. The molecule has 1 fully saturated rings. The molecule has 3 heterocycles. The minimum Gasteiger partial charge on any atom is -0.491 e. The molecule has 0 saturated carbocycles. The van der Waals surface area contributed by atoms with E-state index in [-0.39, 0.29) is 12.1 Å². The molecule has 1 atom stereocenters. The first-order chi connectivity index (χ1) is 13.3. The minimum absolute atomic E-state index is 0.138. The molecule has 1 saturated heterocycles. The number of H-pyrrole nitrogens is 1. The highest BCUT2D eigenvalue weighted by Gasteiger charge is 2.31. The number of urea groups is 1. The molecule has 2 aliphatic rings. The van der Waals surface area contributed by atoms with Crippen LogP contribution < -0.4 is 10.1 Å². The zero-order chi connectivity index (χ0) is 18.6. The van der Waals surface area contributed by atoms with Crippen LogP contribution in [0.1, 0.15) is 48.9 Å². The number of aromatic nitrogens is 3. The van der Waals surface area contributed by atoms with Gasteiger partial charge in [-0.05, 0) is 43.7 Å². The van der Waals surface area contributed by atoms with Gasteiger partial charge in [-0.2, -0.15) is 5.10 Å². The summed E-state index contributed by atoms with van der Waals surface area (Å²) in [6.45, 7) is 1.74. The number of nitrogens with zero attached hydrogens (tertiary/aromatic N) is 3. The second kappa shape index (κ2) is 7.96. The molecule has 2 amide bonds. The Hall–Kier alpha value is -2.61. The van der Waals surface area contributed by atoms with E-state index in [4.69, 9.17) is 9.47 Å². The lowest BCUT2D eigenvalue weighted by Gasteiger charge is -2.34. The topological polar surface area (TPSA) is 92.4 Å². The number of amides is 2. The second-order valence-electron chi connectivity index (χ2n) is 6.95. The molecular weight excluding hydrogens is 346 g/mol. The summed E-state index contributed by atoms with van der Waals surface area (Å²) < 4.78 is 10.9. The molecule has 0 radical (unpaired) electrons. The zero-order valence-electron chi connectivity index (χ0n) is 15.5. The fourth-order valence-corrected chi connectivity index (χ4v) is 3.78. The number of rotatable bonds is 4. The Morgan fingerprint density at radius 3 is 3.22 bits per heavy atom. The molecule has 2 aliphatic heterocycles. The third-order valence-corrected chi connectivity index (χ3v) is 5.07. The van der Waals surface area contributed by atoms with Crippen LogP contribution in [0, 0.1) is 0 Å². The number of para-hydroxylation sites is 1. The lowest BCUT2D eigenvalue weighted by atomic mass is 10.0. The third kappa shape index (κ3) is 3.75. The van der Waals surface area contributed by atoms with Gasteiger partial charge in [0.05, 0.1) is 18.3 Å². The minimum atomic E-state index is -0.139. The predicted octanol–water partition coefficient (Wildman–Crippen LogP) is 3.04. The van der Waals surface area contributed by atoms with Crippen LogP contribution >= 0.6 is 0 Å². The van der Waals surface area contributed by atoms with Crippen LogP contribution in [-0.2, 0) is 17.8 Å². The van der Waals surface area contributed by atoms with E-state index in [1.54, 1.807) is 7.11 Å². The Labute approximate surface area is 158 Å². The summed E-state index contributed by atoms with van der Waals surface area (Å²) in [6.07, 6.45) is 4.86. The van der Waals surface area contributed by atoms with Gasteiger partial charge < -0.3 is 19.7 Å². The molecule has 0 spiro atoms. The van der Waals surface area contributed by atoms with Crippen molar-refractivity contribution in [1.29, 1.82) is 0 Å². The standard InChI is InChI=1S/C19H25N5O3/c1-26-12-16-21-18(23-22-16)15-9-2-3-10-24(15)19(25)20-14-8-4-6-13-7-5-11-27-17(13)14/h4,6,8,15H,2-3,5,7,9-12H2,1H3,(H,20,25)(H,21,22,23). The van der Waals surface area contributed by atoms with Crippen LogP contribution in [0.4, 0.5) is 10.5 Å². The average Bonchev–Trinajstić information content (AvgIpc) is 3.17. The van der Waals surface area contributed by atoms with Crippen LogP contribution in [0.2, 0.25) is 0 Å². The summed E-state index contributed by atoms with van der Waals surface area (Å²) in [5, 5.41) is 10.2. The Balaban J connectivity index is 1.52. The first kappa shape index (κ1) is 17.8. The van der Waals surface area contributed by atoms with E-state index in [0.717, 1.165) is 49.1 Å². The number of benzene rings is 1. The normalized spacial score (nSPS) is 19.3. The summed E-state index contributed by atoms with van der Waals surface area (Å²) in [6, 6.07) is 5.63. The van der Waals surface area contributed by atoms with Gasteiger partial charge in [-0.25, -0.2) is 9.78 Å². The van der Waals surface area contributed by atoms with E-state index >= 15 is 0 Å². The Morgan fingerprint density at radius 1 is 1.41 bits per heavy atom. The zero-order valence-corrected chi connectivity index (χ0v) is 15.5. The Kier molecular flexibility index (Phi) is 5.24. The molecule has 1 unspecified atom stereocenters. The first-order valence-corrected chi connectivity index (χ1v) is 9.48. The number of carbonyl (C=O) groups is 1. The number of carbonyl (C=O) groups excluding carboxylic acids is 1. The molecule has 1 aromatic heterocycles. The van der Waals surface area contributed by atoms with Gasteiger partial charge in [-0.1, -0.05) is 12.1 Å². The monoisotopic (exact) mass is 371 g/mol. The fraction of sp³-hybridized carbons (Fsp3) is 0.526. The molecule has 0 bridgehead atoms. The Morgan fingerprint density at radius 2 is 2.33 bits per heavy atom. The van der Waals surface area contributed by atoms with Gasteiger partial charge in [0.1, 0.15) is 12.4 Å². The van der Waals surface area contributed by atoms with E-state index in [2.05, 4.69) is 26.6 Å². The first-order valence-electron chi connectivity index (χ1n) is 9.48. The number of likely N-dealkylation sites (tertiary alicyclic amines) is 1. The molecule has 8 nitrogen and oxygen atoms in total.